The molecule has 8 heteroatoms. The first-order chi connectivity index (χ1) is 12.9. The van der Waals surface area contributed by atoms with Gasteiger partial charge in [0.15, 0.2) is 11.8 Å². The highest BCUT2D eigenvalue weighted by molar-refractivity contribution is 5.80. The Morgan fingerprint density at radius 1 is 1.33 bits per heavy atom. The van der Waals surface area contributed by atoms with Crippen LogP contribution in [0.1, 0.15) is 20.3 Å². The molecule has 4 rings (SSSR count). The average molecular weight is 374 g/mol. The van der Waals surface area contributed by atoms with E-state index >= 15 is 0 Å². The van der Waals surface area contributed by atoms with E-state index in [-0.39, 0.29) is 11.0 Å². The van der Waals surface area contributed by atoms with Crippen LogP contribution < -0.4 is 15.8 Å². The number of aliphatic imine (C=N–C) groups is 1. The van der Waals surface area contributed by atoms with Crippen molar-refractivity contribution in [3.63, 3.8) is 0 Å². The number of nitrogens with zero attached hydrogens (tertiary/aromatic N) is 5. The lowest BCUT2D eigenvalue weighted by atomic mass is 9.57. The predicted molar refractivity (Wildman–Crippen MR) is 105 cm³/mol. The molecule has 1 saturated carbocycles. The van der Waals surface area contributed by atoms with Gasteiger partial charge in [-0.1, -0.05) is 13.8 Å². The molecule has 3 heterocycles. The van der Waals surface area contributed by atoms with Crippen LogP contribution in [0.15, 0.2) is 22.2 Å². The molecule has 0 spiro atoms. The quantitative estimate of drug-likeness (QED) is 0.593. The van der Waals surface area contributed by atoms with Gasteiger partial charge in [0.2, 0.25) is 0 Å². The van der Waals surface area contributed by atoms with E-state index in [4.69, 9.17) is 4.74 Å². The topological polar surface area (TPSA) is 75.0 Å². The van der Waals surface area contributed by atoms with Crippen molar-refractivity contribution in [1.82, 2.24) is 19.8 Å². The summed E-state index contributed by atoms with van der Waals surface area (Å²) in [5, 5.41) is 3.71. The molecule has 1 N–H and O–H groups in total. The highest BCUT2D eigenvalue weighted by Crippen LogP contribution is 2.52. The Morgan fingerprint density at radius 3 is 2.78 bits per heavy atom. The van der Waals surface area contributed by atoms with Crippen LogP contribution >= 0.6 is 0 Å². The molecule has 3 fully saturated rings. The minimum absolute atomic E-state index is 0.0445. The summed E-state index contributed by atoms with van der Waals surface area (Å²) in [7, 11) is 3.60. The molecule has 2 saturated heterocycles. The zero-order valence-corrected chi connectivity index (χ0v) is 16.7. The summed E-state index contributed by atoms with van der Waals surface area (Å²) in [5.41, 5.74) is 0.0796. The van der Waals surface area contributed by atoms with Gasteiger partial charge in [0.1, 0.15) is 0 Å². The van der Waals surface area contributed by atoms with Crippen molar-refractivity contribution < 1.29 is 4.74 Å². The summed E-state index contributed by atoms with van der Waals surface area (Å²) >= 11 is 0. The number of nitrogens with one attached hydrogen (secondary N) is 1. The van der Waals surface area contributed by atoms with Crippen LogP contribution in [-0.2, 0) is 11.8 Å². The van der Waals surface area contributed by atoms with Gasteiger partial charge in [0.05, 0.1) is 6.10 Å². The van der Waals surface area contributed by atoms with Crippen LogP contribution in [0.5, 0.6) is 0 Å². The number of fused-ring (bicyclic) bond motifs is 1. The van der Waals surface area contributed by atoms with E-state index in [9.17, 15) is 4.79 Å². The maximum absolute atomic E-state index is 12.3. The van der Waals surface area contributed by atoms with Gasteiger partial charge in [-0.15, -0.1) is 0 Å². The van der Waals surface area contributed by atoms with Gasteiger partial charge >= 0.3 is 0 Å². The Morgan fingerprint density at radius 2 is 2.07 bits per heavy atom. The number of hydrogen-bond donors (Lipinski definition) is 1. The Balaban J connectivity index is 1.40. The predicted octanol–water partition coefficient (Wildman–Crippen LogP) is 0.291. The number of piperazine rings is 1. The summed E-state index contributed by atoms with van der Waals surface area (Å²) < 4.78 is 7.48. The first kappa shape index (κ1) is 18.3. The number of guanidine groups is 1. The normalized spacial score (nSPS) is 30.1. The van der Waals surface area contributed by atoms with Crippen molar-refractivity contribution >= 4 is 11.8 Å². The Labute approximate surface area is 160 Å². The first-order valence-corrected chi connectivity index (χ1v) is 9.80. The zero-order valence-electron chi connectivity index (χ0n) is 16.7. The summed E-state index contributed by atoms with van der Waals surface area (Å²) in [5.74, 6) is 2.07. The highest BCUT2D eigenvalue weighted by atomic mass is 16.5. The van der Waals surface area contributed by atoms with E-state index in [1.807, 2.05) is 7.05 Å². The van der Waals surface area contributed by atoms with Crippen molar-refractivity contribution in [3.8, 4) is 0 Å². The number of anilines is 1. The molecule has 148 valence electrons. The lowest BCUT2D eigenvalue weighted by Gasteiger charge is -2.55. The maximum atomic E-state index is 12.3. The molecule has 1 aromatic heterocycles. The van der Waals surface area contributed by atoms with Gasteiger partial charge in [-0.25, -0.2) is 4.98 Å². The van der Waals surface area contributed by atoms with Gasteiger partial charge in [-0.3, -0.25) is 9.79 Å². The molecule has 1 aromatic rings. The zero-order chi connectivity index (χ0) is 19.2. The van der Waals surface area contributed by atoms with E-state index in [0.717, 1.165) is 45.2 Å². The summed E-state index contributed by atoms with van der Waals surface area (Å²) in [6.45, 7) is 8.58. The highest BCUT2D eigenvalue weighted by Gasteiger charge is 2.59. The maximum Gasteiger partial charge on any atom is 0.293 e. The molecule has 2 aliphatic heterocycles. The molecule has 0 radical (unpaired) electrons. The minimum Gasteiger partial charge on any atom is -0.377 e. The number of ether oxygens (including phenoxy) is 1. The second-order valence-electron chi connectivity index (χ2n) is 8.38. The van der Waals surface area contributed by atoms with Crippen molar-refractivity contribution in [2.24, 2.45) is 23.4 Å². The number of aryl methyl sites for hydroxylation is 1. The fourth-order valence-corrected chi connectivity index (χ4v) is 4.89. The van der Waals surface area contributed by atoms with Crippen molar-refractivity contribution in [2.45, 2.75) is 32.4 Å². The van der Waals surface area contributed by atoms with E-state index in [0.29, 0.717) is 23.9 Å². The molecule has 3 atom stereocenters. The minimum atomic E-state index is -0.0445. The fourth-order valence-electron chi connectivity index (χ4n) is 4.89. The smallest absolute Gasteiger partial charge is 0.293 e. The molecule has 0 amide bonds. The van der Waals surface area contributed by atoms with E-state index in [1.165, 1.54) is 0 Å². The standard InChI is InChI=1S/C19H30N6O2/c1-19(2)14(13-5-12-27-15(13)19)22-18(20-3)25-10-8-24(9-11-25)16-17(26)23(4)7-6-21-16/h6-7,13-15H,5,8-12H2,1-4H3,(H,20,22). The average Bonchev–Trinajstić information content (AvgIpc) is 3.12. The van der Waals surface area contributed by atoms with E-state index in [2.05, 4.69) is 38.9 Å². The van der Waals surface area contributed by atoms with Crippen molar-refractivity contribution in [3.05, 3.63) is 22.7 Å². The molecular weight excluding hydrogens is 344 g/mol. The Kier molecular flexibility index (Phi) is 4.61. The van der Waals surface area contributed by atoms with Crippen LogP contribution in [0.25, 0.3) is 0 Å². The third-order valence-electron chi connectivity index (χ3n) is 6.47. The molecule has 0 aromatic carbocycles. The largest absolute Gasteiger partial charge is 0.377 e. The third kappa shape index (κ3) is 2.99. The van der Waals surface area contributed by atoms with Crippen LogP contribution in [0.3, 0.4) is 0 Å². The van der Waals surface area contributed by atoms with Crippen LogP contribution in [0.4, 0.5) is 5.82 Å². The van der Waals surface area contributed by atoms with Crippen LogP contribution in [0, 0.1) is 11.3 Å². The molecule has 1 aliphatic carbocycles. The fraction of sp³-hybridized carbons (Fsp3) is 0.737. The number of aromatic nitrogens is 2. The van der Waals surface area contributed by atoms with Gasteiger partial charge in [0, 0.05) is 76.6 Å². The molecular formula is C19H30N6O2. The van der Waals surface area contributed by atoms with Gasteiger partial charge in [-0.05, 0) is 6.42 Å². The molecule has 3 aliphatic rings. The number of rotatable bonds is 2. The number of hydrogen-bond acceptors (Lipinski definition) is 5. The van der Waals surface area contributed by atoms with Gasteiger partial charge in [0.25, 0.3) is 5.56 Å². The second kappa shape index (κ2) is 6.82. The lowest BCUT2D eigenvalue weighted by molar-refractivity contribution is -0.107. The SMILES string of the molecule is CN=C(NC1C2CCOC2C1(C)C)N1CCN(c2nccn(C)c2=O)CC1. The molecule has 27 heavy (non-hydrogen) atoms. The Bertz CT molecular complexity index is 781. The van der Waals surface area contributed by atoms with Crippen molar-refractivity contribution in [2.75, 3.05) is 44.7 Å². The summed E-state index contributed by atoms with van der Waals surface area (Å²) in [6, 6.07) is 0.393. The van der Waals surface area contributed by atoms with Gasteiger partial charge in [-0.2, -0.15) is 0 Å². The Hall–Kier alpha value is -2.09. The van der Waals surface area contributed by atoms with Gasteiger partial charge < -0.3 is 24.4 Å². The first-order valence-electron chi connectivity index (χ1n) is 9.80. The molecule has 3 unspecified atom stereocenters. The molecule has 0 bridgehead atoms. The monoisotopic (exact) mass is 374 g/mol. The van der Waals surface area contributed by atoms with E-state index in [1.54, 1.807) is 24.0 Å². The van der Waals surface area contributed by atoms with Crippen molar-refractivity contribution in [1.29, 1.82) is 0 Å². The van der Waals surface area contributed by atoms with Crippen LogP contribution in [0.2, 0.25) is 0 Å². The van der Waals surface area contributed by atoms with Crippen LogP contribution in [-0.4, -0.2) is 72.4 Å². The van der Waals surface area contributed by atoms with E-state index < -0.39 is 0 Å². The summed E-state index contributed by atoms with van der Waals surface area (Å²) in [4.78, 5) is 25.5. The third-order valence-corrected chi connectivity index (χ3v) is 6.47. The molecule has 8 nitrogen and oxygen atoms in total. The summed E-state index contributed by atoms with van der Waals surface area (Å²) in [6.07, 6.45) is 4.86. The second-order valence-corrected chi connectivity index (χ2v) is 8.38. The lowest BCUT2D eigenvalue weighted by Crippen LogP contribution is -2.68.